The molecule has 20 heavy (non-hydrogen) atoms. The molecule has 0 bridgehead atoms. The zero-order valence-corrected chi connectivity index (χ0v) is 12.0. The summed E-state index contributed by atoms with van der Waals surface area (Å²) in [6, 6.07) is 14.9. The number of para-hydroxylation sites is 1. The third-order valence-electron chi connectivity index (χ3n) is 3.25. The van der Waals surface area contributed by atoms with Gasteiger partial charge in [0.05, 0.1) is 10.2 Å². The van der Waals surface area contributed by atoms with Gasteiger partial charge in [0.25, 0.3) is 0 Å². The molecule has 0 aliphatic carbocycles. The van der Waals surface area contributed by atoms with E-state index in [0.717, 1.165) is 16.1 Å². The number of aromatic nitrogens is 1. The molecule has 0 radical (unpaired) electrons. The van der Waals surface area contributed by atoms with Crippen LogP contribution in [0.25, 0.3) is 10.2 Å². The maximum atomic E-state index is 13.2. The van der Waals surface area contributed by atoms with Crippen molar-refractivity contribution in [3.05, 3.63) is 64.9 Å². The van der Waals surface area contributed by atoms with E-state index in [-0.39, 0.29) is 11.9 Å². The third-order valence-corrected chi connectivity index (χ3v) is 4.28. The van der Waals surface area contributed by atoms with Crippen molar-refractivity contribution in [3.8, 4) is 0 Å². The number of benzene rings is 2. The Labute approximate surface area is 121 Å². The van der Waals surface area contributed by atoms with Gasteiger partial charge >= 0.3 is 0 Å². The normalized spacial score (nSPS) is 12.7. The Morgan fingerprint density at radius 1 is 1.20 bits per heavy atom. The molecule has 0 saturated heterocycles. The minimum Gasteiger partial charge on any atom is -0.304 e. The average molecular weight is 286 g/mol. The minimum atomic E-state index is -0.198. The molecule has 3 aromatic rings. The highest BCUT2D eigenvalue weighted by molar-refractivity contribution is 7.18. The van der Waals surface area contributed by atoms with Gasteiger partial charge in [-0.15, -0.1) is 11.3 Å². The van der Waals surface area contributed by atoms with Gasteiger partial charge in [0.2, 0.25) is 0 Å². The number of fused-ring (bicyclic) bond motifs is 1. The zero-order chi connectivity index (χ0) is 13.9. The molecular weight excluding hydrogens is 271 g/mol. The van der Waals surface area contributed by atoms with E-state index in [9.17, 15) is 4.39 Å². The molecule has 1 atom stereocenters. The summed E-state index contributed by atoms with van der Waals surface area (Å²) in [6.45, 7) is 2.72. The summed E-state index contributed by atoms with van der Waals surface area (Å²) in [5.74, 6) is -0.198. The van der Waals surface area contributed by atoms with Gasteiger partial charge in [0.15, 0.2) is 0 Å². The van der Waals surface area contributed by atoms with Crippen LogP contribution in [-0.4, -0.2) is 4.98 Å². The van der Waals surface area contributed by atoms with E-state index in [2.05, 4.69) is 16.4 Å². The number of thiazole rings is 1. The van der Waals surface area contributed by atoms with Gasteiger partial charge in [-0.3, -0.25) is 0 Å². The standard InChI is InChI=1S/C16H15FN2S/c1-11(12-5-4-6-13(17)9-12)18-10-16-19-14-7-2-3-8-15(14)20-16/h2-9,11,18H,10H2,1H3/t11-/m0/s1. The van der Waals surface area contributed by atoms with Crippen LogP contribution in [0.5, 0.6) is 0 Å². The van der Waals surface area contributed by atoms with Crippen molar-refractivity contribution in [2.75, 3.05) is 0 Å². The summed E-state index contributed by atoms with van der Waals surface area (Å²) in [5, 5.41) is 4.44. The Balaban J connectivity index is 1.69. The molecule has 2 nitrogen and oxygen atoms in total. The fourth-order valence-corrected chi connectivity index (χ4v) is 3.05. The first-order valence-electron chi connectivity index (χ1n) is 6.55. The second-order valence-electron chi connectivity index (χ2n) is 4.73. The number of rotatable bonds is 4. The lowest BCUT2D eigenvalue weighted by atomic mass is 10.1. The summed E-state index contributed by atoms with van der Waals surface area (Å²) >= 11 is 1.69. The molecule has 4 heteroatoms. The summed E-state index contributed by atoms with van der Waals surface area (Å²) in [4.78, 5) is 4.58. The maximum absolute atomic E-state index is 13.2. The predicted octanol–water partition coefficient (Wildman–Crippen LogP) is 4.29. The number of hydrogen-bond donors (Lipinski definition) is 1. The van der Waals surface area contributed by atoms with E-state index < -0.39 is 0 Å². The number of halogens is 1. The van der Waals surface area contributed by atoms with E-state index in [1.807, 2.05) is 31.2 Å². The highest BCUT2D eigenvalue weighted by atomic mass is 32.1. The molecule has 2 aromatic carbocycles. The first kappa shape index (κ1) is 13.2. The summed E-state index contributed by atoms with van der Waals surface area (Å²) < 4.78 is 14.4. The van der Waals surface area contributed by atoms with Crippen LogP contribution in [-0.2, 0) is 6.54 Å². The van der Waals surface area contributed by atoms with Gasteiger partial charge in [0, 0.05) is 12.6 Å². The number of nitrogens with one attached hydrogen (secondary N) is 1. The van der Waals surface area contributed by atoms with Crippen molar-refractivity contribution >= 4 is 21.6 Å². The molecule has 0 spiro atoms. The van der Waals surface area contributed by atoms with E-state index in [1.165, 1.54) is 10.8 Å². The molecule has 0 aliphatic heterocycles. The van der Waals surface area contributed by atoms with Crippen molar-refractivity contribution in [3.63, 3.8) is 0 Å². The van der Waals surface area contributed by atoms with E-state index in [0.29, 0.717) is 6.54 Å². The zero-order valence-electron chi connectivity index (χ0n) is 11.1. The summed E-state index contributed by atoms with van der Waals surface area (Å²) in [5.41, 5.74) is 1.99. The molecule has 0 aliphatic rings. The smallest absolute Gasteiger partial charge is 0.123 e. The first-order chi connectivity index (χ1) is 9.72. The fourth-order valence-electron chi connectivity index (χ4n) is 2.13. The van der Waals surface area contributed by atoms with Crippen LogP contribution >= 0.6 is 11.3 Å². The van der Waals surface area contributed by atoms with Gasteiger partial charge in [-0.2, -0.15) is 0 Å². The number of nitrogens with zero attached hydrogens (tertiary/aromatic N) is 1. The van der Waals surface area contributed by atoms with Crippen LogP contribution in [0.15, 0.2) is 48.5 Å². The van der Waals surface area contributed by atoms with E-state index >= 15 is 0 Å². The van der Waals surface area contributed by atoms with Gasteiger partial charge < -0.3 is 5.32 Å². The molecule has 0 amide bonds. The van der Waals surface area contributed by atoms with Crippen LogP contribution in [0, 0.1) is 5.82 Å². The van der Waals surface area contributed by atoms with Crippen molar-refractivity contribution in [1.29, 1.82) is 0 Å². The molecule has 0 unspecified atom stereocenters. The third kappa shape index (κ3) is 2.86. The van der Waals surface area contributed by atoms with Crippen LogP contribution in [0.3, 0.4) is 0 Å². The molecule has 0 fully saturated rings. The lowest BCUT2D eigenvalue weighted by Crippen LogP contribution is -2.18. The largest absolute Gasteiger partial charge is 0.304 e. The van der Waals surface area contributed by atoms with Crippen molar-refractivity contribution in [2.45, 2.75) is 19.5 Å². The number of hydrogen-bond acceptors (Lipinski definition) is 3. The van der Waals surface area contributed by atoms with Crippen molar-refractivity contribution in [2.24, 2.45) is 0 Å². The summed E-state index contributed by atoms with van der Waals surface area (Å²) in [6.07, 6.45) is 0. The summed E-state index contributed by atoms with van der Waals surface area (Å²) in [7, 11) is 0. The Hall–Kier alpha value is -1.78. The van der Waals surface area contributed by atoms with Crippen LogP contribution in [0.1, 0.15) is 23.5 Å². The van der Waals surface area contributed by atoms with Crippen LogP contribution in [0.4, 0.5) is 4.39 Å². The minimum absolute atomic E-state index is 0.0951. The highest BCUT2D eigenvalue weighted by Crippen LogP contribution is 2.22. The van der Waals surface area contributed by atoms with E-state index in [4.69, 9.17) is 0 Å². The molecule has 3 rings (SSSR count). The first-order valence-corrected chi connectivity index (χ1v) is 7.37. The van der Waals surface area contributed by atoms with Gasteiger partial charge in [-0.1, -0.05) is 24.3 Å². The van der Waals surface area contributed by atoms with Gasteiger partial charge in [-0.05, 0) is 36.8 Å². The lowest BCUT2D eigenvalue weighted by molar-refractivity contribution is 0.564. The average Bonchev–Trinajstić information content (AvgIpc) is 2.87. The Morgan fingerprint density at radius 3 is 2.85 bits per heavy atom. The van der Waals surface area contributed by atoms with Crippen LogP contribution < -0.4 is 5.32 Å². The van der Waals surface area contributed by atoms with Crippen LogP contribution in [0.2, 0.25) is 0 Å². The second-order valence-corrected chi connectivity index (χ2v) is 5.85. The van der Waals surface area contributed by atoms with Gasteiger partial charge in [-0.25, -0.2) is 9.37 Å². The van der Waals surface area contributed by atoms with Crippen molar-refractivity contribution in [1.82, 2.24) is 10.3 Å². The lowest BCUT2D eigenvalue weighted by Gasteiger charge is -2.13. The maximum Gasteiger partial charge on any atom is 0.123 e. The Morgan fingerprint density at radius 2 is 2.05 bits per heavy atom. The second kappa shape index (κ2) is 5.69. The molecule has 0 saturated carbocycles. The SMILES string of the molecule is C[C@H](NCc1nc2ccccc2s1)c1cccc(F)c1. The fraction of sp³-hybridized carbons (Fsp3) is 0.188. The molecule has 1 heterocycles. The van der Waals surface area contributed by atoms with Crippen molar-refractivity contribution < 1.29 is 4.39 Å². The molecule has 102 valence electrons. The Bertz CT molecular complexity index is 690. The molecule has 1 N–H and O–H groups in total. The van der Waals surface area contributed by atoms with E-state index in [1.54, 1.807) is 23.5 Å². The predicted molar refractivity (Wildman–Crippen MR) is 81.3 cm³/mol. The highest BCUT2D eigenvalue weighted by Gasteiger charge is 2.08. The monoisotopic (exact) mass is 286 g/mol. The van der Waals surface area contributed by atoms with Gasteiger partial charge in [0.1, 0.15) is 10.8 Å². The quantitative estimate of drug-likeness (QED) is 0.774. The molecule has 1 aromatic heterocycles. The Kier molecular flexibility index (Phi) is 3.76. The molecular formula is C16H15FN2S. The topological polar surface area (TPSA) is 24.9 Å².